The molecule has 0 saturated heterocycles. The van der Waals surface area contributed by atoms with E-state index in [1.54, 1.807) is 13.2 Å². The van der Waals surface area contributed by atoms with E-state index >= 15 is 0 Å². The van der Waals surface area contributed by atoms with Gasteiger partial charge < -0.3 is 14.6 Å². The Morgan fingerprint density at radius 3 is 2.74 bits per heavy atom. The van der Waals surface area contributed by atoms with Crippen molar-refractivity contribution in [3.63, 3.8) is 0 Å². The Labute approximate surface area is 133 Å². The number of amides is 1. The van der Waals surface area contributed by atoms with Gasteiger partial charge in [0.1, 0.15) is 11.4 Å². The SMILES string of the molecule is COc1cccc(CNC(=O)c2cc(-c3ccccc3)no2)c1. The smallest absolute Gasteiger partial charge is 0.290 e. The van der Waals surface area contributed by atoms with E-state index in [1.165, 1.54) is 0 Å². The summed E-state index contributed by atoms with van der Waals surface area (Å²) >= 11 is 0. The molecule has 3 rings (SSSR count). The molecule has 23 heavy (non-hydrogen) atoms. The van der Waals surface area contributed by atoms with Gasteiger partial charge in [-0.25, -0.2) is 0 Å². The molecule has 3 aromatic rings. The van der Waals surface area contributed by atoms with E-state index in [0.717, 1.165) is 16.9 Å². The van der Waals surface area contributed by atoms with E-state index in [0.29, 0.717) is 12.2 Å². The predicted molar refractivity (Wildman–Crippen MR) is 86.1 cm³/mol. The number of ether oxygens (including phenoxy) is 1. The quantitative estimate of drug-likeness (QED) is 0.785. The molecule has 0 fully saturated rings. The lowest BCUT2D eigenvalue weighted by atomic mass is 10.1. The fourth-order valence-electron chi connectivity index (χ4n) is 2.18. The van der Waals surface area contributed by atoms with E-state index in [4.69, 9.17) is 9.26 Å². The van der Waals surface area contributed by atoms with E-state index in [2.05, 4.69) is 10.5 Å². The second-order valence-electron chi connectivity index (χ2n) is 4.98. The van der Waals surface area contributed by atoms with Crippen LogP contribution in [0, 0.1) is 0 Å². The van der Waals surface area contributed by atoms with Gasteiger partial charge in [-0.3, -0.25) is 4.79 Å². The van der Waals surface area contributed by atoms with Gasteiger partial charge in [-0.2, -0.15) is 0 Å². The molecule has 1 N–H and O–H groups in total. The first kappa shape index (κ1) is 14.8. The topological polar surface area (TPSA) is 64.4 Å². The van der Waals surface area contributed by atoms with Gasteiger partial charge >= 0.3 is 0 Å². The van der Waals surface area contributed by atoms with E-state index in [1.807, 2.05) is 54.6 Å². The number of hydrogen-bond donors (Lipinski definition) is 1. The summed E-state index contributed by atoms with van der Waals surface area (Å²) in [5.74, 6) is 0.636. The molecular formula is C18H16N2O3. The summed E-state index contributed by atoms with van der Waals surface area (Å²) in [4.78, 5) is 12.1. The first-order chi connectivity index (χ1) is 11.3. The van der Waals surface area contributed by atoms with E-state index in [9.17, 15) is 4.79 Å². The van der Waals surface area contributed by atoms with Gasteiger partial charge in [0.25, 0.3) is 5.91 Å². The van der Waals surface area contributed by atoms with Crippen LogP contribution >= 0.6 is 0 Å². The van der Waals surface area contributed by atoms with Crippen LogP contribution in [0.2, 0.25) is 0 Å². The standard InChI is InChI=1S/C18H16N2O3/c1-22-15-9-5-6-13(10-15)12-19-18(21)17-11-16(20-23-17)14-7-3-2-4-8-14/h2-11H,12H2,1H3,(H,19,21). The molecule has 1 heterocycles. The average molecular weight is 308 g/mol. The van der Waals surface area contributed by atoms with Crippen molar-refractivity contribution < 1.29 is 14.1 Å². The Hall–Kier alpha value is -3.08. The Morgan fingerprint density at radius 2 is 1.96 bits per heavy atom. The largest absolute Gasteiger partial charge is 0.497 e. The zero-order valence-electron chi connectivity index (χ0n) is 12.7. The minimum Gasteiger partial charge on any atom is -0.497 e. The fourth-order valence-corrected chi connectivity index (χ4v) is 2.18. The molecule has 0 unspecified atom stereocenters. The van der Waals surface area contributed by atoms with Crippen LogP contribution in [0.3, 0.4) is 0 Å². The normalized spacial score (nSPS) is 10.3. The summed E-state index contributed by atoms with van der Waals surface area (Å²) < 4.78 is 10.3. The molecule has 1 amide bonds. The summed E-state index contributed by atoms with van der Waals surface area (Å²) in [6, 6.07) is 18.7. The minimum absolute atomic E-state index is 0.187. The molecule has 5 heteroatoms. The van der Waals surface area contributed by atoms with Gasteiger partial charge in [-0.05, 0) is 17.7 Å². The molecule has 116 valence electrons. The highest BCUT2D eigenvalue weighted by Crippen LogP contribution is 2.18. The number of carbonyl (C=O) groups is 1. The third-order valence-electron chi connectivity index (χ3n) is 3.39. The van der Waals surface area contributed by atoms with Crippen molar-refractivity contribution in [3.05, 3.63) is 72.0 Å². The summed E-state index contributed by atoms with van der Waals surface area (Å²) in [5, 5.41) is 6.74. The van der Waals surface area contributed by atoms with Gasteiger partial charge in [-0.15, -0.1) is 0 Å². The van der Waals surface area contributed by atoms with Gasteiger partial charge in [0, 0.05) is 18.2 Å². The number of aromatic nitrogens is 1. The van der Waals surface area contributed by atoms with Crippen molar-refractivity contribution in [1.29, 1.82) is 0 Å². The Kier molecular flexibility index (Phi) is 4.38. The molecule has 0 atom stereocenters. The van der Waals surface area contributed by atoms with Crippen LogP contribution in [0.4, 0.5) is 0 Å². The molecule has 0 aliphatic rings. The molecular weight excluding hydrogens is 292 g/mol. The van der Waals surface area contributed by atoms with Crippen LogP contribution < -0.4 is 10.1 Å². The van der Waals surface area contributed by atoms with Crippen molar-refractivity contribution in [2.75, 3.05) is 7.11 Å². The van der Waals surface area contributed by atoms with Crippen molar-refractivity contribution in [2.45, 2.75) is 6.54 Å². The Bertz CT molecular complexity index is 797. The lowest BCUT2D eigenvalue weighted by molar-refractivity contribution is 0.0914. The third kappa shape index (κ3) is 3.58. The molecule has 0 saturated carbocycles. The molecule has 0 aliphatic heterocycles. The fraction of sp³-hybridized carbons (Fsp3) is 0.111. The highest BCUT2D eigenvalue weighted by Gasteiger charge is 2.13. The number of nitrogens with zero attached hydrogens (tertiary/aromatic N) is 1. The van der Waals surface area contributed by atoms with Crippen molar-refractivity contribution in [2.24, 2.45) is 0 Å². The Morgan fingerprint density at radius 1 is 1.13 bits per heavy atom. The average Bonchev–Trinajstić information content (AvgIpc) is 3.11. The van der Waals surface area contributed by atoms with Gasteiger partial charge in [0.2, 0.25) is 5.76 Å². The molecule has 1 aromatic heterocycles. The van der Waals surface area contributed by atoms with Crippen LogP contribution in [-0.4, -0.2) is 18.2 Å². The number of methoxy groups -OCH3 is 1. The lowest BCUT2D eigenvalue weighted by Gasteiger charge is -2.05. The van der Waals surface area contributed by atoms with Gasteiger partial charge in [0.05, 0.1) is 7.11 Å². The van der Waals surface area contributed by atoms with Crippen LogP contribution in [0.15, 0.2) is 65.2 Å². The minimum atomic E-state index is -0.303. The number of hydrogen-bond acceptors (Lipinski definition) is 4. The molecule has 0 radical (unpaired) electrons. The zero-order chi connectivity index (χ0) is 16.1. The maximum Gasteiger partial charge on any atom is 0.290 e. The highest BCUT2D eigenvalue weighted by atomic mass is 16.5. The number of rotatable bonds is 5. The van der Waals surface area contributed by atoms with Crippen LogP contribution in [-0.2, 0) is 6.54 Å². The first-order valence-corrected chi connectivity index (χ1v) is 7.19. The van der Waals surface area contributed by atoms with Crippen molar-refractivity contribution >= 4 is 5.91 Å². The van der Waals surface area contributed by atoms with E-state index in [-0.39, 0.29) is 11.7 Å². The second-order valence-corrected chi connectivity index (χ2v) is 4.98. The molecule has 2 aromatic carbocycles. The van der Waals surface area contributed by atoms with Crippen molar-refractivity contribution in [1.82, 2.24) is 10.5 Å². The maximum absolute atomic E-state index is 12.1. The van der Waals surface area contributed by atoms with Crippen molar-refractivity contribution in [3.8, 4) is 17.0 Å². The first-order valence-electron chi connectivity index (χ1n) is 7.19. The van der Waals surface area contributed by atoms with Crippen LogP contribution in [0.25, 0.3) is 11.3 Å². The maximum atomic E-state index is 12.1. The predicted octanol–water partition coefficient (Wildman–Crippen LogP) is 3.28. The number of nitrogens with one attached hydrogen (secondary N) is 1. The Balaban J connectivity index is 1.66. The van der Waals surface area contributed by atoms with Gasteiger partial charge in [-0.1, -0.05) is 47.6 Å². The lowest BCUT2D eigenvalue weighted by Crippen LogP contribution is -2.22. The number of benzene rings is 2. The molecule has 5 nitrogen and oxygen atoms in total. The number of carbonyl (C=O) groups excluding carboxylic acids is 1. The molecule has 0 spiro atoms. The summed E-state index contributed by atoms with van der Waals surface area (Å²) in [6.45, 7) is 0.386. The van der Waals surface area contributed by atoms with Crippen LogP contribution in [0.1, 0.15) is 16.1 Å². The monoisotopic (exact) mass is 308 g/mol. The van der Waals surface area contributed by atoms with Crippen LogP contribution in [0.5, 0.6) is 5.75 Å². The summed E-state index contributed by atoms with van der Waals surface area (Å²) in [5.41, 5.74) is 2.49. The molecule has 0 aliphatic carbocycles. The summed E-state index contributed by atoms with van der Waals surface area (Å²) in [6.07, 6.45) is 0. The second kappa shape index (κ2) is 6.79. The van der Waals surface area contributed by atoms with E-state index < -0.39 is 0 Å². The van der Waals surface area contributed by atoms with Gasteiger partial charge in [0.15, 0.2) is 0 Å². The highest BCUT2D eigenvalue weighted by molar-refractivity contribution is 5.92. The third-order valence-corrected chi connectivity index (χ3v) is 3.39. The summed E-state index contributed by atoms with van der Waals surface area (Å²) in [7, 11) is 1.61. The zero-order valence-corrected chi connectivity index (χ0v) is 12.7. The molecule has 0 bridgehead atoms.